The average molecular weight is 380 g/mol. The minimum atomic E-state index is -1.19. The molecule has 6 nitrogen and oxygen atoms in total. The molecule has 3 fully saturated rings. The van der Waals surface area contributed by atoms with Gasteiger partial charge < -0.3 is 14.2 Å². The molecule has 0 N–H and O–H groups in total. The first kappa shape index (κ1) is 20.2. The van der Waals surface area contributed by atoms with E-state index in [2.05, 4.69) is 20.8 Å². The summed E-state index contributed by atoms with van der Waals surface area (Å²) in [5.74, 6) is -1.52. The van der Waals surface area contributed by atoms with E-state index in [4.69, 9.17) is 14.2 Å². The zero-order valence-electron chi connectivity index (χ0n) is 17.3. The second kappa shape index (κ2) is 6.49. The first-order valence-electron chi connectivity index (χ1n) is 10.0. The number of esters is 3. The van der Waals surface area contributed by atoms with Crippen LogP contribution in [0.2, 0.25) is 0 Å². The van der Waals surface area contributed by atoms with Crippen LogP contribution in [0.25, 0.3) is 0 Å². The topological polar surface area (TPSA) is 78.9 Å². The molecule has 3 rings (SSSR count). The Bertz CT molecular complexity index is 646. The van der Waals surface area contributed by atoms with Crippen LogP contribution in [0.15, 0.2) is 0 Å². The van der Waals surface area contributed by atoms with Crippen molar-refractivity contribution in [3.05, 3.63) is 0 Å². The van der Waals surface area contributed by atoms with Crippen LogP contribution in [0, 0.1) is 28.1 Å². The number of ether oxygens (including phenoxy) is 3. The molecule has 0 aromatic carbocycles. The van der Waals surface area contributed by atoms with Gasteiger partial charge in [0.2, 0.25) is 0 Å². The van der Waals surface area contributed by atoms with Gasteiger partial charge in [0.1, 0.15) is 12.2 Å². The molecule has 27 heavy (non-hydrogen) atoms. The van der Waals surface area contributed by atoms with E-state index in [0.717, 1.165) is 0 Å². The van der Waals surface area contributed by atoms with Crippen molar-refractivity contribution in [2.75, 3.05) is 6.61 Å². The van der Waals surface area contributed by atoms with Crippen LogP contribution in [0.5, 0.6) is 0 Å². The maximum atomic E-state index is 12.8. The molecule has 2 aliphatic carbocycles. The Kier molecular flexibility index (Phi) is 4.84. The molecular formula is C21H32O6. The van der Waals surface area contributed by atoms with Crippen LogP contribution in [0.1, 0.15) is 67.2 Å². The molecule has 5 unspecified atom stereocenters. The Morgan fingerprint density at radius 1 is 1.22 bits per heavy atom. The van der Waals surface area contributed by atoms with Crippen molar-refractivity contribution in [3.8, 4) is 0 Å². The second-order valence-electron chi connectivity index (χ2n) is 10.3. The second-order valence-corrected chi connectivity index (χ2v) is 10.3. The lowest BCUT2D eigenvalue weighted by Gasteiger charge is -2.34. The SMILES string of the molecule is CCCOC(=O)C12CC3CC1C(OC2=O)C3OC(=O)C(C)(C)CC(C)(C)C. The van der Waals surface area contributed by atoms with Crippen LogP contribution < -0.4 is 0 Å². The van der Waals surface area contributed by atoms with Crippen molar-refractivity contribution in [3.63, 3.8) is 0 Å². The number of hydrogen-bond acceptors (Lipinski definition) is 6. The normalized spacial score (nSPS) is 34.5. The Balaban J connectivity index is 1.72. The summed E-state index contributed by atoms with van der Waals surface area (Å²) < 4.78 is 16.7. The lowest BCUT2D eigenvalue weighted by molar-refractivity contribution is -0.171. The molecule has 2 saturated carbocycles. The van der Waals surface area contributed by atoms with E-state index in [1.54, 1.807) is 0 Å². The van der Waals surface area contributed by atoms with E-state index in [9.17, 15) is 14.4 Å². The van der Waals surface area contributed by atoms with Gasteiger partial charge in [-0.15, -0.1) is 0 Å². The fraction of sp³-hybridized carbons (Fsp3) is 0.857. The van der Waals surface area contributed by atoms with E-state index in [1.165, 1.54) is 0 Å². The van der Waals surface area contributed by atoms with Gasteiger partial charge in [-0.05, 0) is 44.9 Å². The lowest BCUT2D eigenvalue weighted by atomic mass is 9.73. The van der Waals surface area contributed by atoms with Gasteiger partial charge in [0, 0.05) is 11.8 Å². The highest BCUT2D eigenvalue weighted by Gasteiger charge is 2.75. The summed E-state index contributed by atoms with van der Waals surface area (Å²) in [6.45, 7) is 12.3. The van der Waals surface area contributed by atoms with Crippen LogP contribution in [-0.4, -0.2) is 36.7 Å². The molecule has 3 aliphatic rings. The van der Waals surface area contributed by atoms with Gasteiger partial charge in [-0.2, -0.15) is 0 Å². The molecule has 0 aromatic heterocycles. The molecule has 1 heterocycles. The number of carbonyl (C=O) groups is 3. The minimum Gasteiger partial charge on any atom is -0.465 e. The smallest absolute Gasteiger partial charge is 0.324 e. The summed E-state index contributed by atoms with van der Waals surface area (Å²) >= 11 is 0. The van der Waals surface area contributed by atoms with E-state index in [0.29, 0.717) is 32.3 Å². The predicted octanol–water partition coefficient (Wildman–Crippen LogP) is 3.27. The van der Waals surface area contributed by atoms with Crippen LogP contribution in [0.4, 0.5) is 0 Å². The van der Waals surface area contributed by atoms with Gasteiger partial charge in [0.25, 0.3) is 0 Å². The van der Waals surface area contributed by atoms with E-state index >= 15 is 0 Å². The fourth-order valence-corrected chi connectivity index (χ4v) is 5.44. The first-order chi connectivity index (χ1) is 12.4. The molecule has 2 bridgehead atoms. The maximum absolute atomic E-state index is 12.8. The van der Waals surface area contributed by atoms with E-state index in [1.807, 2.05) is 20.8 Å². The summed E-state index contributed by atoms with van der Waals surface area (Å²) in [6.07, 6.45) is 1.43. The number of hydrogen-bond donors (Lipinski definition) is 0. The minimum absolute atomic E-state index is 0.00475. The molecular weight excluding hydrogens is 348 g/mol. The van der Waals surface area contributed by atoms with Gasteiger partial charge in [0.05, 0.1) is 12.0 Å². The van der Waals surface area contributed by atoms with E-state index < -0.39 is 35.0 Å². The van der Waals surface area contributed by atoms with Gasteiger partial charge in [-0.25, -0.2) is 0 Å². The van der Waals surface area contributed by atoms with Crippen LogP contribution >= 0.6 is 0 Å². The monoisotopic (exact) mass is 380 g/mol. The highest BCUT2D eigenvalue weighted by atomic mass is 16.6. The zero-order chi connectivity index (χ0) is 20.2. The van der Waals surface area contributed by atoms with Gasteiger partial charge in [0.15, 0.2) is 5.41 Å². The molecule has 1 saturated heterocycles. The maximum Gasteiger partial charge on any atom is 0.324 e. The van der Waals surface area contributed by atoms with Crippen molar-refractivity contribution in [2.24, 2.45) is 28.1 Å². The van der Waals surface area contributed by atoms with Gasteiger partial charge in [-0.1, -0.05) is 27.7 Å². The van der Waals surface area contributed by atoms with Crippen molar-refractivity contribution in [1.29, 1.82) is 0 Å². The molecule has 0 radical (unpaired) electrons. The molecule has 0 spiro atoms. The van der Waals surface area contributed by atoms with Crippen molar-refractivity contribution < 1.29 is 28.6 Å². The molecule has 0 amide bonds. The van der Waals surface area contributed by atoms with Crippen molar-refractivity contribution in [2.45, 2.75) is 79.4 Å². The van der Waals surface area contributed by atoms with Crippen LogP contribution in [0.3, 0.4) is 0 Å². The number of rotatable bonds is 6. The van der Waals surface area contributed by atoms with Crippen molar-refractivity contribution in [1.82, 2.24) is 0 Å². The summed E-state index contributed by atoms with van der Waals surface area (Å²) in [5, 5.41) is 0. The van der Waals surface area contributed by atoms with Crippen molar-refractivity contribution >= 4 is 17.9 Å². The Labute approximate surface area is 161 Å². The molecule has 0 aromatic rings. The number of carbonyl (C=O) groups excluding carboxylic acids is 3. The largest absolute Gasteiger partial charge is 0.465 e. The third kappa shape index (κ3) is 3.25. The fourth-order valence-electron chi connectivity index (χ4n) is 5.44. The highest BCUT2D eigenvalue weighted by Crippen LogP contribution is 2.63. The molecule has 152 valence electrons. The predicted molar refractivity (Wildman–Crippen MR) is 97.5 cm³/mol. The standard InChI is InChI=1S/C21H32O6/c1-7-8-25-17(23)21-10-12-9-13(21)15(27-18(21)24)14(12)26-16(22)20(5,6)11-19(2,3)4/h12-15H,7-11H2,1-6H3. The van der Waals surface area contributed by atoms with Crippen LogP contribution in [-0.2, 0) is 28.6 Å². The Hall–Kier alpha value is -1.59. The molecule has 1 aliphatic heterocycles. The summed E-state index contributed by atoms with van der Waals surface area (Å²) in [6, 6.07) is 0. The Morgan fingerprint density at radius 2 is 1.89 bits per heavy atom. The highest BCUT2D eigenvalue weighted by molar-refractivity contribution is 6.03. The summed E-state index contributed by atoms with van der Waals surface area (Å²) in [7, 11) is 0. The summed E-state index contributed by atoms with van der Waals surface area (Å²) in [4.78, 5) is 38.0. The van der Waals surface area contributed by atoms with E-state index in [-0.39, 0.29) is 23.2 Å². The summed E-state index contributed by atoms with van der Waals surface area (Å²) in [5.41, 5.74) is -1.82. The average Bonchev–Trinajstić information content (AvgIpc) is 3.12. The van der Waals surface area contributed by atoms with Gasteiger partial charge in [-0.3, -0.25) is 14.4 Å². The van der Waals surface area contributed by atoms with Gasteiger partial charge >= 0.3 is 17.9 Å². The number of fused-ring (bicyclic) bond motifs is 1. The molecule has 6 heteroatoms. The Morgan fingerprint density at radius 3 is 2.48 bits per heavy atom. The first-order valence-corrected chi connectivity index (χ1v) is 10.0. The third-order valence-electron chi connectivity index (χ3n) is 6.14. The lowest BCUT2D eigenvalue weighted by Crippen LogP contribution is -2.46. The quantitative estimate of drug-likeness (QED) is 0.400. The zero-order valence-corrected chi connectivity index (χ0v) is 17.3. The molecule has 5 atom stereocenters. The third-order valence-corrected chi connectivity index (χ3v) is 6.14.